The fourth-order valence-electron chi connectivity index (χ4n) is 5.31. The first-order valence-electron chi connectivity index (χ1n) is 13.9. The molecule has 11 heteroatoms. The molecule has 0 spiro atoms. The zero-order valence-corrected chi connectivity index (χ0v) is 23.2. The lowest BCUT2D eigenvalue weighted by Gasteiger charge is -2.34. The number of benzene rings is 1. The van der Waals surface area contributed by atoms with Crippen LogP contribution in [0.5, 0.6) is 0 Å². The first-order chi connectivity index (χ1) is 18.7. The minimum atomic E-state index is -0.554. The molecule has 1 aliphatic heterocycles. The number of rotatable bonds is 10. The lowest BCUT2D eigenvalue weighted by molar-refractivity contribution is -0.384. The molecule has 1 aromatic carbocycles. The van der Waals surface area contributed by atoms with Crippen molar-refractivity contribution in [2.45, 2.75) is 84.0 Å². The van der Waals surface area contributed by atoms with E-state index in [1.807, 2.05) is 45.0 Å². The number of aromatic nitrogens is 2. The largest absolute Gasteiger partial charge is 0.444 e. The van der Waals surface area contributed by atoms with Gasteiger partial charge >= 0.3 is 11.8 Å². The van der Waals surface area contributed by atoms with E-state index in [1.54, 1.807) is 0 Å². The standard InChI is InChI=1S/C28H41N7O4/c1-28(2,3)39-27(36)32-18-22-8-6-7-21(15-22)17-30-26-31-19-24(35(37)38)25(33-26)29-16-20-9-11-23(12-10-20)34-13-4-5-14-34/h6-8,15,19-20,23H,4-5,9-14,16-18H2,1-3H3,(H,32,36)(H2,29,30,31,33). The van der Waals surface area contributed by atoms with Crippen LogP contribution in [-0.4, -0.2) is 57.2 Å². The van der Waals surface area contributed by atoms with Crippen molar-refractivity contribution in [2.24, 2.45) is 5.92 Å². The number of carbonyl (C=O) groups is 1. The first kappa shape index (κ1) is 28.5. The maximum Gasteiger partial charge on any atom is 0.407 e. The van der Waals surface area contributed by atoms with E-state index in [9.17, 15) is 14.9 Å². The zero-order valence-electron chi connectivity index (χ0n) is 23.2. The lowest BCUT2D eigenvalue weighted by atomic mass is 9.85. The highest BCUT2D eigenvalue weighted by Crippen LogP contribution is 2.30. The van der Waals surface area contributed by atoms with Gasteiger partial charge in [-0.15, -0.1) is 0 Å². The average molecular weight is 540 g/mol. The summed E-state index contributed by atoms with van der Waals surface area (Å²) in [5.41, 5.74) is 1.21. The van der Waals surface area contributed by atoms with Crippen molar-refractivity contribution in [1.82, 2.24) is 20.2 Å². The predicted molar refractivity (Wildman–Crippen MR) is 151 cm³/mol. The van der Waals surface area contributed by atoms with E-state index in [4.69, 9.17) is 4.74 Å². The van der Waals surface area contributed by atoms with Gasteiger partial charge in [0, 0.05) is 25.7 Å². The SMILES string of the molecule is CC(C)(C)OC(=O)NCc1cccc(CNc2ncc([N+](=O)[O-])c(NCC3CCC(N4CCCC4)CC3)n2)c1. The molecule has 0 radical (unpaired) electrons. The number of hydrogen-bond acceptors (Lipinski definition) is 9. The molecule has 2 fully saturated rings. The quantitative estimate of drug-likeness (QED) is 0.279. The Morgan fingerprint density at radius 2 is 1.79 bits per heavy atom. The summed E-state index contributed by atoms with van der Waals surface area (Å²) in [5, 5.41) is 20.8. The van der Waals surface area contributed by atoms with Crippen LogP contribution in [0.1, 0.15) is 70.4 Å². The van der Waals surface area contributed by atoms with Gasteiger partial charge in [-0.1, -0.05) is 24.3 Å². The van der Waals surface area contributed by atoms with Gasteiger partial charge in [0.1, 0.15) is 11.8 Å². The number of anilines is 2. The van der Waals surface area contributed by atoms with E-state index in [0.29, 0.717) is 37.5 Å². The molecule has 1 aromatic heterocycles. The Kier molecular flexibility index (Phi) is 9.55. The number of carbonyl (C=O) groups excluding carboxylic acids is 1. The van der Waals surface area contributed by atoms with Crippen molar-refractivity contribution >= 4 is 23.5 Å². The molecule has 1 saturated carbocycles. The molecule has 0 unspecified atom stereocenters. The van der Waals surface area contributed by atoms with Crippen LogP contribution in [-0.2, 0) is 17.8 Å². The monoisotopic (exact) mass is 539 g/mol. The van der Waals surface area contributed by atoms with Gasteiger partial charge in [0.2, 0.25) is 11.8 Å². The van der Waals surface area contributed by atoms with Gasteiger partial charge in [-0.05, 0) is 89.4 Å². The summed E-state index contributed by atoms with van der Waals surface area (Å²) in [6, 6.07) is 8.44. The van der Waals surface area contributed by atoms with Crippen LogP contribution in [0.4, 0.5) is 22.2 Å². The number of hydrogen-bond donors (Lipinski definition) is 3. The molecule has 2 aliphatic rings. The molecule has 0 atom stereocenters. The van der Waals surface area contributed by atoms with Crippen LogP contribution in [0.25, 0.3) is 0 Å². The molecule has 1 aliphatic carbocycles. The van der Waals surface area contributed by atoms with Crippen LogP contribution in [0.2, 0.25) is 0 Å². The maximum atomic E-state index is 11.9. The van der Waals surface area contributed by atoms with Gasteiger partial charge in [-0.25, -0.2) is 9.78 Å². The van der Waals surface area contributed by atoms with Gasteiger partial charge in [-0.3, -0.25) is 10.1 Å². The summed E-state index contributed by atoms with van der Waals surface area (Å²) in [5.74, 6) is 1.04. The second-order valence-electron chi connectivity index (χ2n) is 11.5. The molecule has 39 heavy (non-hydrogen) atoms. The Morgan fingerprint density at radius 1 is 1.10 bits per heavy atom. The lowest BCUT2D eigenvalue weighted by Crippen LogP contribution is -2.37. The van der Waals surface area contributed by atoms with Crippen LogP contribution in [0.15, 0.2) is 30.5 Å². The third-order valence-electron chi connectivity index (χ3n) is 7.28. The Labute approximate surface area is 230 Å². The van der Waals surface area contributed by atoms with Gasteiger partial charge in [0.15, 0.2) is 0 Å². The Balaban J connectivity index is 1.29. The van der Waals surface area contributed by atoms with Crippen LogP contribution >= 0.6 is 0 Å². The number of nitrogens with one attached hydrogen (secondary N) is 3. The number of alkyl carbamates (subject to hydrolysis) is 1. The molecule has 212 valence electrons. The highest BCUT2D eigenvalue weighted by Gasteiger charge is 2.28. The molecule has 2 aromatic rings. The first-order valence-corrected chi connectivity index (χ1v) is 13.9. The summed E-state index contributed by atoms with van der Waals surface area (Å²) in [6.45, 7) is 9.34. The van der Waals surface area contributed by atoms with E-state index >= 15 is 0 Å². The third-order valence-corrected chi connectivity index (χ3v) is 7.28. The smallest absolute Gasteiger partial charge is 0.407 e. The number of likely N-dealkylation sites (tertiary alicyclic amines) is 1. The van der Waals surface area contributed by atoms with Gasteiger partial charge < -0.3 is 25.6 Å². The normalized spacial score (nSPS) is 19.9. The highest BCUT2D eigenvalue weighted by atomic mass is 16.6. The summed E-state index contributed by atoms with van der Waals surface area (Å²) in [4.78, 5) is 34.3. The maximum absolute atomic E-state index is 11.9. The summed E-state index contributed by atoms with van der Waals surface area (Å²) in [7, 11) is 0. The van der Waals surface area contributed by atoms with Crippen molar-refractivity contribution < 1.29 is 14.5 Å². The van der Waals surface area contributed by atoms with Crippen molar-refractivity contribution in [3.63, 3.8) is 0 Å². The summed E-state index contributed by atoms with van der Waals surface area (Å²) >= 11 is 0. The molecular weight excluding hydrogens is 498 g/mol. The van der Waals surface area contributed by atoms with E-state index in [2.05, 4.69) is 30.8 Å². The third kappa shape index (κ3) is 8.77. The Hall–Kier alpha value is -3.47. The van der Waals surface area contributed by atoms with Crippen molar-refractivity contribution in [1.29, 1.82) is 0 Å². The van der Waals surface area contributed by atoms with Gasteiger partial charge in [-0.2, -0.15) is 4.98 Å². The topological polar surface area (TPSA) is 135 Å². The Bertz CT molecular complexity index is 1120. The van der Waals surface area contributed by atoms with Gasteiger partial charge in [0.05, 0.1) is 4.92 Å². The van der Waals surface area contributed by atoms with Crippen LogP contribution < -0.4 is 16.0 Å². The van der Waals surface area contributed by atoms with E-state index in [0.717, 1.165) is 24.0 Å². The van der Waals surface area contributed by atoms with Crippen LogP contribution in [0, 0.1) is 16.0 Å². The molecule has 2 heterocycles. The van der Waals surface area contributed by atoms with E-state index in [1.165, 1.54) is 45.0 Å². The molecule has 1 saturated heterocycles. The molecular formula is C28H41N7O4. The Morgan fingerprint density at radius 3 is 2.46 bits per heavy atom. The van der Waals surface area contributed by atoms with Gasteiger partial charge in [0.25, 0.3) is 0 Å². The second-order valence-corrected chi connectivity index (χ2v) is 11.5. The molecule has 1 amide bonds. The molecule has 11 nitrogen and oxygen atoms in total. The van der Waals surface area contributed by atoms with Crippen LogP contribution in [0.3, 0.4) is 0 Å². The van der Waals surface area contributed by atoms with E-state index in [-0.39, 0.29) is 11.5 Å². The average Bonchev–Trinajstić information content (AvgIpc) is 3.44. The highest BCUT2D eigenvalue weighted by molar-refractivity contribution is 5.67. The molecule has 3 N–H and O–H groups in total. The predicted octanol–water partition coefficient (Wildman–Crippen LogP) is 5.09. The van der Waals surface area contributed by atoms with Crippen molar-refractivity contribution in [3.05, 3.63) is 51.7 Å². The van der Waals surface area contributed by atoms with Crippen molar-refractivity contribution in [2.75, 3.05) is 30.3 Å². The van der Waals surface area contributed by atoms with E-state index < -0.39 is 16.6 Å². The zero-order chi connectivity index (χ0) is 27.8. The fraction of sp³-hybridized carbons (Fsp3) is 0.607. The summed E-state index contributed by atoms with van der Waals surface area (Å²) < 4.78 is 5.28. The fourth-order valence-corrected chi connectivity index (χ4v) is 5.31. The number of ether oxygens (including phenoxy) is 1. The number of nitrogens with zero attached hydrogens (tertiary/aromatic N) is 4. The minimum absolute atomic E-state index is 0.124. The summed E-state index contributed by atoms with van der Waals surface area (Å²) in [6.07, 6.45) is 8.04. The number of amides is 1. The second kappa shape index (κ2) is 13.1. The van der Waals surface area contributed by atoms with Crippen molar-refractivity contribution in [3.8, 4) is 0 Å². The molecule has 4 rings (SSSR count). The minimum Gasteiger partial charge on any atom is -0.444 e. The number of nitro groups is 1. The molecule has 0 bridgehead atoms.